The van der Waals surface area contributed by atoms with E-state index in [4.69, 9.17) is 0 Å². The van der Waals surface area contributed by atoms with Crippen molar-refractivity contribution in [2.45, 2.75) is 0 Å². The van der Waals surface area contributed by atoms with Gasteiger partial charge in [0.1, 0.15) is 10.8 Å². The molecule has 1 N–H and O–H groups in total. The highest BCUT2D eigenvalue weighted by atomic mass is 32.1. The Bertz CT molecular complexity index is 703. The third-order valence-electron chi connectivity index (χ3n) is 2.50. The fraction of sp³-hybridized carbons (Fsp3) is 0. The molecule has 0 spiro atoms. The van der Waals surface area contributed by atoms with E-state index in [0.717, 1.165) is 15.2 Å². The van der Waals surface area contributed by atoms with E-state index in [2.05, 4.69) is 15.5 Å². The lowest BCUT2D eigenvalue weighted by atomic mass is 10.3. The number of thiazole rings is 1. The number of benzene rings is 2. The molecule has 2 aromatic carbocycles. The summed E-state index contributed by atoms with van der Waals surface area (Å²) in [4.78, 5) is 4.42. The summed E-state index contributed by atoms with van der Waals surface area (Å²) in [6, 6.07) is 14.1. The molecule has 1 aromatic heterocycles. The van der Waals surface area contributed by atoms with Gasteiger partial charge in [-0.25, -0.2) is 9.37 Å². The summed E-state index contributed by atoms with van der Waals surface area (Å²) in [5.41, 5.74) is 4.34. The molecule has 0 radical (unpaired) electrons. The van der Waals surface area contributed by atoms with Gasteiger partial charge in [0.15, 0.2) is 0 Å². The van der Waals surface area contributed by atoms with Crippen molar-refractivity contribution in [3.63, 3.8) is 0 Å². The van der Waals surface area contributed by atoms with Crippen LogP contribution in [-0.4, -0.2) is 11.2 Å². The Hall–Kier alpha value is -2.27. The van der Waals surface area contributed by atoms with Gasteiger partial charge in [-0.15, -0.1) is 11.3 Å². The van der Waals surface area contributed by atoms with Crippen molar-refractivity contribution in [3.8, 4) is 0 Å². The maximum Gasteiger partial charge on any atom is 0.137 e. The van der Waals surface area contributed by atoms with Crippen molar-refractivity contribution in [3.05, 3.63) is 59.4 Å². The SMILES string of the molecule is Fc1cccc(NN=Cc2nc3ccccc3s2)c1. The van der Waals surface area contributed by atoms with Crippen molar-refractivity contribution >= 4 is 33.5 Å². The molecule has 0 aliphatic carbocycles. The van der Waals surface area contributed by atoms with Crippen LogP contribution in [0.4, 0.5) is 10.1 Å². The van der Waals surface area contributed by atoms with E-state index in [9.17, 15) is 4.39 Å². The van der Waals surface area contributed by atoms with Crippen LogP contribution in [0.5, 0.6) is 0 Å². The largest absolute Gasteiger partial charge is 0.278 e. The van der Waals surface area contributed by atoms with Crippen LogP contribution in [-0.2, 0) is 0 Å². The standard InChI is InChI=1S/C14H10FN3S/c15-10-4-3-5-11(8-10)18-16-9-14-17-12-6-1-2-7-13(12)19-14/h1-9,18H. The van der Waals surface area contributed by atoms with Crippen LogP contribution in [0.15, 0.2) is 53.6 Å². The highest BCUT2D eigenvalue weighted by Gasteiger charge is 1.99. The van der Waals surface area contributed by atoms with Crippen molar-refractivity contribution in [1.29, 1.82) is 0 Å². The van der Waals surface area contributed by atoms with Gasteiger partial charge in [0, 0.05) is 0 Å². The number of anilines is 1. The molecule has 3 aromatic rings. The third kappa shape index (κ3) is 2.77. The Labute approximate surface area is 113 Å². The zero-order chi connectivity index (χ0) is 13.1. The predicted octanol–water partition coefficient (Wildman–Crippen LogP) is 3.88. The second-order valence-electron chi connectivity index (χ2n) is 3.90. The highest BCUT2D eigenvalue weighted by Crippen LogP contribution is 2.20. The number of nitrogens with zero attached hydrogens (tertiary/aromatic N) is 2. The lowest BCUT2D eigenvalue weighted by Crippen LogP contribution is -1.90. The topological polar surface area (TPSA) is 37.3 Å². The van der Waals surface area contributed by atoms with Crippen molar-refractivity contribution in [2.24, 2.45) is 5.10 Å². The number of hydrogen-bond donors (Lipinski definition) is 1. The third-order valence-corrected chi connectivity index (χ3v) is 3.47. The van der Waals surface area contributed by atoms with Gasteiger partial charge < -0.3 is 0 Å². The van der Waals surface area contributed by atoms with E-state index in [1.807, 2.05) is 24.3 Å². The molecule has 5 heteroatoms. The molecule has 0 saturated carbocycles. The molecular weight excluding hydrogens is 261 g/mol. The molecule has 0 fully saturated rings. The van der Waals surface area contributed by atoms with E-state index in [1.54, 1.807) is 29.7 Å². The average Bonchev–Trinajstić information content (AvgIpc) is 2.81. The number of hydrazone groups is 1. The average molecular weight is 271 g/mol. The van der Waals surface area contributed by atoms with Gasteiger partial charge in [0.25, 0.3) is 0 Å². The van der Waals surface area contributed by atoms with Crippen molar-refractivity contribution in [1.82, 2.24) is 4.98 Å². The summed E-state index contributed by atoms with van der Waals surface area (Å²) < 4.78 is 14.1. The summed E-state index contributed by atoms with van der Waals surface area (Å²) in [7, 11) is 0. The fourth-order valence-electron chi connectivity index (χ4n) is 1.67. The minimum absolute atomic E-state index is 0.291. The Kier molecular flexibility index (Phi) is 3.20. The number of hydrogen-bond acceptors (Lipinski definition) is 4. The van der Waals surface area contributed by atoms with Crippen molar-refractivity contribution < 1.29 is 4.39 Å². The summed E-state index contributed by atoms with van der Waals surface area (Å²) in [5.74, 6) is -0.291. The number of halogens is 1. The fourth-order valence-corrected chi connectivity index (χ4v) is 2.50. The summed E-state index contributed by atoms with van der Waals surface area (Å²) in [5, 5.41) is 4.86. The van der Waals surface area contributed by atoms with E-state index in [0.29, 0.717) is 5.69 Å². The number of aromatic nitrogens is 1. The van der Waals surface area contributed by atoms with Crippen molar-refractivity contribution in [2.75, 3.05) is 5.43 Å². The Morgan fingerprint density at radius 2 is 2.05 bits per heavy atom. The molecular formula is C14H10FN3S. The maximum absolute atomic E-state index is 13.0. The first kappa shape index (κ1) is 11.8. The normalized spacial score (nSPS) is 11.2. The molecule has 3 nitrogen and oxygen atoms in total. The molecule has 0 aliphatic heterocycles. The van der Waals surface area contributed by atoms with Crippen LogP contribution in [0.1, 0.15) is 5.01 Å². The van der Waals surface area contributed by atoms with E-state index < -0.39 is 0 Å². The monoisotopic (exact) mass is 271 g/mol. The number of para-hydroxylation sites is 1. The lowest BCUT2D eigenvalue weighted by Gasteiger charge is -1.98. The lowest BCUT2D eigenvalue weighted by molar-refractivity contribution is 0.628. The first-order valence-corrected chi connectivity index (χ1v) is 6.53. The van der Waals surface area contributed by atoms with Gasteiger partial charge in [-0.2, -0.15) is 5.10 Å². The minimum Gasteiger partial charge on any atom is -0.278 e. The molecule has 0 bridgehead atoms. The van der Waals surface area contributed by atoms with Gasteiger partial charge in [-0.05, 0) is 30.3 Å². The molecule has 1 heterocycles. The van der Waals surface area contributed by atoms with Crippen LogP contribution < -0.4 is 5.43 Å². The van der Waals surface area contributed by atoms with Crippen LogP contribution in [0, 0.1) is 5.82 Å². The van der Waals surface area contributed by atoms with Gasteiger partial charge in [0.2, 0.25) is 0 Å². The number of fused-ring (bicyclic) bond motifs is 1. The van der Waals surface area contributed by atoms with Crippen LogP contribution >= 0.6 is 11.3 Å². The Morgan fingerprint density at radius 3 is 2.89 bits per heavy atom. The summed E-state index contributed by atoms with van der Waals surface area (Å²) >= 11 is 1.56. The van der Waals surface area contributed by atoms with E-state index in [-0.39, 0.29) is 5.82 Å². The number of rotatable bonds is 3. The van der Waals surface area contributed by atoms with Crippen LogP contribution in [0.25, 0.3) is 10.2 Å². The second kappa shape index (κ2) is 5.16. The molecule has 0 saturated heterocycles. The van der Waals surface area contributed by atoms with Gasteiger partial charge in [0.05, 0.1) is 22.1 Å². The summed E-state index contributed by atoms with van der Waals surface area (Å²) in [6.45, 7) is 0. The van der Waals surface area contributed by atoms with Gasteiger partial charge >= 0.3 is 0 Å². The zero-order valence-corrected chi connectivity index (χ0v) is 10.7. The van der Waals surface area contributed by atoms with Gasteiger partial charge in [-0.3, -0.25) is 5.43 Å². The van der Waals surface area contributed by atoms with E-state index in [1.165, 1.54) is 12.1 Å². The highest BCUT2D eigenvalue weighted by molar-refractivity contribution is 7.20. The predicted molar refractivity (Wildman–Crippen MR) is 77.2 cm³/mol. The Morgan fingerprint density at radius 1 is 1.16 bits per heavy atom. The van der Waals surface area contributed by atoms with Gasteiger partial charge in [-0.1, -0.05) is 18.2 Å². The quantitative estimate of drug-likeness (QED) is 0.580. The number of nitrogens with one attached hydrogen (secondary N) is 1. The molecule has 3 rings (SSSR count). The first-order valence-electron chi connectivity index (χ1n) is 5.71. The van der Waals surface area contributed by atoms with Crippen LogP contribution in [0.3, 0.4) is 0 Å². The Balaban J connectivity index is 1.75. The zero-order valence-electron chi connectivity index (χ0n) is 9.88. The summed E-state index contributed by atoms with van der Waals surface area (Å²) in [6.07, 6.45) is 1.63. The van der Waals surface area contributed by atoms with Crippen LogP contribution in [0.2, 0.25) is 0 Å². The van der Waals surface area contributed by atoms with E-state index >= 15 is 0 Å². The molecule has 94 valence electrons. The second-order valence-corrected chi connectivity index (χ2v) is 4.96. The molecule has 0 amide bonds. The smallest absolute Gasteiger partial charge is 0.137 e. The maximum atomic E-state index is 13.0. The minimum atomic E-state index is -0.291. The molecule has 0 atom stereocenters. The molecule has 0 aliphatic rings. The molecule has 0 unspecified atom stereocenters. The first-order chi connectivity index (χ1) is 9.31. The molecule has 19 heavy (non-hydrogen) atoms.